The predicted molar refractivity (Wildman–Crippen MR) is 76.8 cm³/mol. The second-order valence-electron chi connectivity index (χ2n) is 4.51. The highest BCUT2D eigenvalue weighted by atomic mass is 32.1. The summed E-state index contributed by atoms with van der Waals surface area (Å²) in [7, 11) is 0. The Hall–Kier alpha value is -1.69. The Morgan fingerprint density at radius 3 is 2.84 bits per heavy atom. The number of carboxylic acid groups (broad SMARTS) is 1. The van der Waals surface area contributed by atoms with E-state index in [0.717, 1.165) is 21.6 Å². The molecular weight excluding hydrogens is 262 g/mol. The maximum Gasteiger partial charge on any atom is 0.308 e. The molecule has 2 heterocycles. The van der Waals surface area contributed by atoms with E-state index in [9.17, 15) is 4.79 Å². The third-order valence-electron chi connectivity index (χ3n) is 3.32. The Morgan fingerprint density at radius 1 is 1.47 bits per heavy atom. The van der Waals surface area contributed by atoms with Gasteiger partial charge in [0.1, 0.15) is 17.0 Å². The molecular formula is C13H17N3O2S. The molecule has 0 aromatic carbocycles. The topological polar surface area (TPSA) is 75.1 Å². The van der Waals surface area contributed by atoms with Gasteiger partial charge in [-0.2, -0.15) is 0 Å². The minimum absolute atomic E-state index is 0.381. The number of aliphatic carboxylic acids is 1. The highest BCUT2D eigenvalue weighted by Gasteiger charge is 2.17. The molecule has 0 fully saturated rings. The van der Waals surface area contributed by atoms with Crippen molar-refractivity contribution in [3.63, 3.8) is 0 Å². The SMILES string of the molecule is CCC(CNc1ncnc2sc(C)c(C)c12)C(=O)O. The van der Waals surface area contributed by atoms with Crippen molar-refractivity contribution in [1.29, 1.82) is 0 Å². The van der Waals surface area contributed by atoms with Gasteiger partial charge in [0.25, 0.3) is 0 Å². The number of anilines is 1. The summed E-state index contributed by atoms with van der Waals surface area (Å²) in [5.74, 6) is -0.449. The van der Waals surface area contributed by atoms with Crippen LogP contribution < -0.4 is 5.32 Å². The zero-order chi connectivity index (χ0) is 14.0. The predicted octanol–water partition coefficient (Wildman–Crippen LogP) is 2.83. The van der Waals surface area contributed by atoms with Gasteiger partial charge in [-0.05, 0) is 25.8 Å². The Kier molecular flexibility index (Phi) is 3.99. The lowest BCUT2D eigenvalue weighted by molar-refractivity contribution is -0.141. The number of nitrogens with one attached hydrogen (secondary N) is 1. The van der Waals surface area contributed by atoms with Gasteiger partial charge >= 0.3 is 5.97 Å². The van der Waals surface area contributed by atoms with E-state index in [4.69, 9.17) is 5.11 Å². The largest absolute Gasteiger partial charge is 0.481 e. The van der Waals surface area contributed by atoms with E-state index >= 15 is 0 Å². The molecule has 0 saturated heterocycles. The summed E-state index contributed by atoms with van der Waals surface area (Å²) in [6.07, 6.45) is 2.11. The number of carbonyl (C=O) groups is 1. The van der Waals surface area contributed by atoms with Crippen molar-refractivity contribution in [1.82, 2.24) is 9.97 Å². The van der Waals surface area contributed by atoms with Gasteiger partial charge in [-0.15, -0.1) is 11.3 Å². The van der Waals surface area contributed by atoms with Gasteiger partial charge in [0.2, 0.25) is 0 Å². The first kappa shape index (κ1) is 13.7. The molecule has 2 aromatic heterocycles. The Balaban J connectivity index is 2.28. The zero-order valence-corrected chi connectivity index (χ0v) is 12.0. The van der Waals surface area contributed by atoms with Gasteiger partial charge in [-0.25, -0.2) is 9.97 Å². The van der Waals surface area contributed by atoms with Crippen LogP contribution in [0, 0.1) is 19.8 Å². The van der Waals surface area contributed by atoms with Gasteiger partial charge in [0, 0.05) is 11.4 Å². The van der Waals surface area contributed by atoms with Crippen molar-refractivity contribution in [3.8, 4) is 0 Å². The first-order chi connectivity index (χ1) is 9.04. The van der Waals surface area contributed by atoms with Crippen molar-refractivity contribution in [2.75, 3.05) is 11.9 Å². The molecule has 0 aliphatic carbocycles. The molecule has 2 aromatic rings. The molecule has 5 nitrogen and oxygen atoms in total. The van der Waals surface area contributed by atoms with Crippen LogP contribution >= 0.6 is 11.3 Å². The molecule has 102 valence electrons. The molecule has 0 spiro atoms. The summed E-state index contributed by atoms with van der Waals surface area (Å²) in [6.45, 7) is 6.34. The smallest absolute Gasteiger partial charge is 0.308 e. The van der Waals surface area contributed by atoms with Crippen LogP contribution in [0.15, 0.2) is 6.33 Å². The van der Waals surface area contributed by atoms with Crippen molar-refractivity contribution < 1.29 is 9.90 Å². The quantitative estimate of drug-likeness (QED) is 0.880. The molecule has 1 unspecified atom stereocenters. The van der Waals surface area contributed by atoms with E-state index in [-0.39, 0.29) is 0 Å². The van der Waals surface area contributed by atoms with Crippen LogP contribution in [0.1, 0.15) is 23.8 Å². The molecule has 0 aliphatic heterocycles. The Bertz CT molecular complexity index is 609. The molecule has 19 heavy (non-hydrogen) atoms. The number of carboxylic acids is 1. The van der Waals surface area contributed by atoms with Crippen LogP contribution in [-0.4, -0.2) is 27.6 Å². The number of hydrogen-bond donors (Lipinski definition) is 2. The minimum Gasteiger partial charge on any atom is -0.481 e. The number of rotatable bonds is 5. The van der Waals surface area contributed by atoms with Crippen LogP contribution in [0.4, 0.5) is 5.82 Å². The standard InChI is InChI=1S/C13H17N3O2S/c1-4-9(13(17)18)5-14-11-10-7(2)8(3)19-12(10)16-6-15-11/h6,9H,4-5H2,1-3H3,(H,17,18)(H,14,15,16). The van der Waals surface area contributed by atoms with Gasteiger partial charge in [0.15, 0.2) is 0 Å². The number of aromatic nitrogens is 2. The second-order valence-corrected chi connectivity index (χ2v) is 5.71. The van der Waals surface area contributed by atoms with Crippen LogP contribution in [0.2, 0.25) is 0 Å². The molecule has 0 radical (unpaired) electrons. The highest BCUT2D eigenvalue weighted by molar-refractivity contribution is 7.18. The van der Waals surface area contributed by atoms with Crippen molar-refractivity contribution in [3.05, 3.63) is 16.8 Å². The van der Waals surface area contributed by atoms with Crippen LogP contribution in [0.3, 0.4) is 0 Å². The zero-order valence-electron chi connectivity index (χ0n) is 11.2. The fraction of sp³-hybridized carbons (Fsp3) is 0.462. The first-order valence-corrected chi connectivity index (χ1v) is 7.03. The molecule has 1 atom stereocenters. The van der Waals surface area contributed by atoms with E-state index in [0.29, 0.717) is 13.0 Å². The average Bonchev–Trinajstić information content (AvgIpc) is 2.66. The van der Waals surface area contributed by atoms with E-state index in [1.807, 2.05) is 13.8 Å². The third kappa shape index (κ3) is 2.68. The van der Waals surface area contributed by atoms with Gasteiger partial charge < -0.3 is 10.4 Å². The summed E-state index contributed by atoms with van der Waals surface area (Å²) < 4.78 is 0. The lowest BCUT2D eigenvalue weighted by Gasteiger charge is -2.12. The Morgan fingerprint density at radius 2 is 2.21 bits per heavy atom. The summed E-state index contributed by atoms with van der Waals surface area (Å²) >= 11 is 1.63. The number of hydrogen-bond acceptors (Lipinski definition) is 5. The van der Waals surface area contributed by atoms with Crippen molar-refractivity contribution >= 4 is 33.3 Å². The third-order valence-corrected chi connectivity index (χ3v) is 4.44. The second kappa shape index (κ2) is 5.52. The molecule has 0 aliphatic rings. The monoisotopic (exact) mass is 279 g/mol. The van der Waals surface area contributed by atoms with Gasteiger partial charge in [0.05, 0.1) is 11.3 Å². The number of aryl methyl sites for hydroxylation is 2. The lowest BCUT2D eigenvalue weighted by atomic mass is 10.1. The average molecular weight is 279 g/mol. The van der Waals surface area contributed by atoms with Crippen LogP contribution in [-0.2, 0) is 4.79 Å². The van der Waals surface area contributed by atoms with Crippen molar-refractivity contribution in [2.24, 2.45) is 5.92 Å². The lowest BCUT2D eigenvalue weighted by Crippen LogP contribution is -2.22. The summed E-state index contributed by atoms with van der Waals surface area (Å²) in [5.41, 5.74) is 1.16. The van der Waals surface area contributed by atoms with Gasteiger partial charge in [-0.3, -0.25) is 4.79 Å². The summed E-state index contributed by atoms with van der Waals surface area (Å²) in [4.78, 5) is 21.7. The fourth-order valence-electron chi connectivity index (χ4n) is 1.94. The molecule has 6 heteroatoms. The van der Waals surface area contributed by atoms with Crippen LogP contribution in [0.5, 0.6) is 0 Å². The summed E-state index contributed by atoms with van der Waals surface area (Å²) in [6, 6.07) is 0. The van der Waals surface area contributed by atoms with E-state index < -0.39 is 11.9 Å². The van der Waals surface area contributed by atoms with E-state index in [2.05, 4.69) is 22.2 Å². The maximum atomic E-state index is 11.0. The molecule has 2 N–H and O–H groups in total. The number of nitrogens with zero attached hydrogens (tertiary/aromatic N) is 2. The molecule has 0 saturated carbocycles. The van der Waals surface area contributed by atoms with Crippen LogP contribution in [0.25, 0.3) is 10.2 Å². The molecule has 2 rings (SSSR count). The summed E-state index contributed by atoms with van der Waals surface area (Å²) in [5, 5.41) is 13.2. The van der Waals surface area contributed by atoms with E-state index in [1.165, 1.54) is 11.2 Å². The van der Waals surface area contributed by atoms with E-state index in [1.54, 1.807) is 11.3 Å². The van der Waals surface area contributed by atoms with Gasteiger partial charge in [-0.1, -0.05) is 6.92 Å². The number of thiophene rings is 1. The molecule has 0 bridgehead atoms. The first-order valence-electron chi connectivity index (χ1n) is 6.22. The number of fused-ring (bicyclic) bond motifs is 1. The maximum absolute atomic E-state index is 11.0. The highest BCUT2D eigenvalue weighted by Crippen LogP contribution is 2.32. The molecule has 0 amide bonds. The normalized spacial score (nSPS) is 12.6. The Labute approximate surface area is 115 Å². The van der Waals surface area contributed by atoms with Crippen molar-refractivity contribution in [2.45, 2.75) is 27.2 Å². The fourth-order valence-corrected chi connectivity index (χ4v) is 2.94. The minimum atomic E-state index is -0.779.